The predicted octanol–water partition coefficient (Wildman–Crippen LogP) is 3.98. The molecule has 0 bridgehead atoms. The SMILES string of the molecule is CCNc1nc(NC(=O)c2c(Cl)cccc2Cl)ccc1[N+](=O)[O-]. The van der Waals surface area contributed by atoms with Crippen LogP contribution in [0, 0.1) is 10.1 Å². The van der Waals surface area contributed by atoms with Crippen molar-refractivity contribution < 1.29 is 9.72 Å². The van der Waals surface area contributed by atoms with Crippen molar-refractivity contribution >= 4 is 46.4 Å². The Morgan fingerprint density at radius 1 is 1.26 bits per heavy atom. The number of nitro groups is 1. The fourth-order valence-corrected chi connectivity index (χ4v) is 2.43. The minimum absolute atomic E-state index is 0.0700. The van der Waals surface area contributed by atoms with Crippen LogP contribution in [-0.2, 0) is 0 Å². The van der Waals surface area contributed by atoms with Crippen molar-refractivity contribution in [3.05, 3.63) is 56.1 Å². The Hall–Kier alpha value is -2.38. The summed E-state index contributed by atoms with van der Waals surface area (Å²) in [5.74, 6) is -0.336. The highest BCUT2D eigenvalue weighted by Gasteiger charge is 2.18. The number of aromatic nitrogens is 1. The third kappa shape index (κ3) is 3.88. The molecule has 0 atom stereocenters. The zero-order valence-corrected chi connectivity index (χ0v) is 13.5. The van der Waals surface area contributed by atoms with Gasteiger partial charge in [-0.3, -0.25) is 14.9 Å². The van der Waals surface area contributed by atoms with Gasteiger partial charge in [-0.1, -0.05) is 29.3 Å². The molecular weight excluding hydrogens is 343 g/mol. The van der Waals surface area contributed by atoms with E-state index in [9.17, 15) is 14.9 Å². The summed E-state index contributed by atoms with van der Waals surface area (Å²) in [6.07, 6.45) is 0. The van der Waals surface area contributed by atoms with E-state index in [1.165, 1.54) is 24.3 Å². The first-order valence-electron chi connectivity index (χ1n) is 6.58. The van der Waals surface area contributed by atoms with Crippen LogP contribution in [0.25, 0.3) is 0 Å². The quantitative estimate of drug-likeness (QED) is 0.625. The van der Waals surface area contributed by atoms with Gasteiger partial charge in [0.25, 0.3) is 5.91 Å². The maximum atomic E-state index is 12.3. The van der Waals surface area contributed by atoms with Gasteiger partial charge in [0.15, 0.2) is 0 Å². The number of anilines is 2. The second-order valence-electron chi connectivity index (χ2n) is 4.40. The Labute approximate surface area is 141 Å². The lowest BCUT2D eigenvalue weighted by molar-refractivity contribution is -0.384. The molecule has 2 rings (SSSR count). The Kier molecular flexibility index (Phi) is 5.36. The van der Waals surface area contributed by atoms with E-state index < -0.39 is 10.8 Å². The van der Waals surface area contributed by atoms with Crippen molar-refractivity contribution in [1.82, 2.24) is 4.98 Å². The summed E-state index contributed by atoms with van der Waals surface area (Å²) in [7, 11) is 0. The van der Waals surface area contributed by atoms with E-state index in [0.717, 1.165) is 0 Å². The molecule has 120 valence electrons. The molecule has 0 aliphatic carbocycles. The molecule has 23 heavy (non-hydrogen) atoms. The van der Waals surface area contributed by atoms with Gasteiger partial charge in [-0.05, 0) is 25.1 Å². The summed E-state index contributed by atoms with van der Waals surface area (Å²) in [5, 5.41) is 16.6. The average molecular weight is 355 g/mol. The molecule has 2 aromatic rings. The van der Waals surface area contributed by atoms with Gasteiger partial charge >= 0.3 is 5.69 Å². The first-order chi connectivity index (χ1) is 10.9. The summed E-state index contributed by atoms with van der Waals surface area (Å²) in [6, 6.07) is 7.29. The summed E-state index contributed by atoms with van der Waals surface area (Å²) >= 11 is 11.9. The minimum atomic E-state index is -0.554. The third-order valence-electron chi connectivity index (χ3n) is 2.85. The number of carbonyl (C=O) groups excluding carboxylic acids is 1. The molecule has 0 fully saturated rings. The highest BCUT2D eigenvalue weighted by atomic mass is 35.5. The lowest BCUT2D eigenvalue weighted by Crippen LogP contribution is -2.15. The summed E-state index contributed by atoms with van der Waals surface area (Å²) in [5.41, 5.74) is -0.0680. The second kappa shape index (κ2) is 7.26. The topological polar surface area (TPSA) is 97.2 Å². The Balaban J connectivity index is 2.31. The molecule has 0 aliphatic rings. The first-order valence-corrected chi connectivity index (χ1v) is 7.34. The summed E-state index contributed by atoms with van der Waals surface area (Å²) < 4.78 is 0. The van der Waals surface area contributed by atoms with Crippen molar-refractivity contribution in [2.24, 2.45) is 0 Å². The minimum Gasteiger partial charge on any atom is -0.365 e. The van der Waals surface area contributed by atoms with E-state index in [1.807, 2.05) is 0 Å². The molecule has 1 aromatic carbocycles. The Bertz CT molecular complexity index is 747. The molecule has 1 aromatic heterocycles. The van der Waals surface area contributed by atoms with Crippen LogP contribution in [0.15, 0.2) is 30.3 Å². The van der Waals surface area contributed by atoms with Crippen LogP contribution in [-0.4, -0.2) is 22.4 Å². The van der Waals surface area contributed by atoms with Crippen LogP contribution in [0.3, 0.4) is 0 Å². The fraction of sp³-hybridized carbons (Fsp3) is 0.143. The number of carbonyl (C=O) groups is 1. The van der Waals surface area contributed by atoms with Gasteiger partial charge in [0.1, 0.15) is 5.82 Å². The summed E-state index contributed by atoms with van der Waals surface area (Å²) in [6.45, 7) is 2.22. The van der Waals surface area contributed by atoms with Crippen LogP contribution in [0.2, 0.25) is 10.0 Å². The van der Waals surface area contributed by atoms with Crippen LogP contribution < -0.4 is 10.6 Å². The monoisotopic (exact) mass is 354 g/mol. The first kappa shape index (κ1) is 17.0. The largest absolute Gasteiger partial charge is 0.365 e. The molecule has 1 heterocycles. The average Bonchev–Trinajstić information content (AvgIpc) is 2.47. The van der Waals surface area contributed by atoms with E-state index >= 15 is 0 Å². The molecule has 0 spiro atoms. The maximum absolute atomic E-state index is 12.3. The van der Waals surface area contributed by atoms with Gasteiger partial charge in [0.05, 0.1) is 20.5 Å². The normalized spacial score (nSPS) is 10.2. The molecular formula is C14H12Cl2N4O3. The van der Waals surface area contributed by atoms with E-state index in [0.29, 0.717) is 6.54 Å². The highest BCUT2D eigenvalue weighted by Crippen LogP contribution is 2.27. The number of pyridine rings is 1. The highest BCUT2D eigenvalue weighted by molar-refractivity contribution is 6.40. The number of hydrogen-bond donors (Lipinski definition) is 2. The predicted molar refractivity (Wildman–Crippen MR) is 89.5 cm³/mol. The van der Waals surface area contributed by atoms with Crippen molar-refractivity contribution in [2.45, 2.75) is 6.92 Å². The molecule has 0 aliphatic heterocycles. The van der Waals surface area contributed by atoms with Crippen LogP contribution in [0.1, 0.15) is 17.3 Å². The van der Waals surface area contributed by atoms with E-state index in [-0.39, 0.29) is 32.9 Å². The van der Waals surface area contributed by atoms with Gasteiger partial charge in [-0.15, -0.1) is 0 Å². The number of halogens is 2. The van der Waals surface area contributed by atoms with Gasteiger partial charge in [-0.25, -0.2) is 4.98 Å². The molecule has 7 nitrogen and oxygen atoms in total. The van der Waals surface area contributed by atoms with Gasteiger partial charge < -0.3 is 10.6 Å². The molecule has 1 amide bonds. The zero-order valence-electron chi connectivity index (χ0n) is 12.0. The lowest BCUT2D eigenvalue weighted by atomic mass is 10.2. The van der Waals surface area contributed by atoms with Gasteiger partial charge in [-0.2, -0.15) is 0 Å². The zero-order chi connectivity index (χ0) is 17.0. The Morgan fingerprint density at radius 3 is 2.48 bits per heavy atom. The fourth-order valence-electron chi connectivity index (χ4n) is 1.86. The molecule has 9 heteroatoms. The smallest absolute Gasteiger partial charge is 0.311 e. The second-order valence-corrected chi connectivity index (χ2v) is 5.22. The van der Waals surface area contributed by atoms with Gasteiger partial charge in [0.2, 0.25) is 5.82 Å². The van der Waals surface area contributed by atoms with Crippen molar-refractivity contribution in [2.75, 3.05) is 17.2 Å². The van der Waals surface area contributed by atoms with Crippen LogP contribution in [0.4, 0.5) is 17.3 Å². The van der Waals surface area contributed by atoms with Crippen molar-refractivity contribution in [1.29, 1.82) is 0 Å². The standard InChI is InChI=1S/C14H12Cl2N4O3/c1-2-17-13-10(20(22)23)6-7-11(18-13)19-14(21)12-8(15)4-3-5-9(12)16/h3-7H,2H2,1H3,(H2,17,18,19,21). The van der Waals surface area contributed by atoms with Crippen LogP contribution >= 0.6 is 23.2 Å². The van der Waals surface area contributed by atoms with E-state index in [4.69, 9.17) is 23.2 Å². The van der Waals surface area contributed by atoms with Crippen molar-refractivity contribution in [3.8, 4) is 0 Å². The molecule has 0 unspecified atom stereocenters. The van der Waals surface area contributed by atoms with E-state index in [2.05, 4.69) is 15.6 Å². The molecule has 0 saturated carbocycles. The summed E-state index contributed by atoms with van der Waals surface area (Å²) in [4.78, 5) is 26.7. The molecule has 0 saturated heterocycles. The number of amides is 1. The number of nitrogens with zero attached hydrogens (tertiary/aromatic N) is 2. The number of benzene rings is 1. The Morgan fingerprint density at radius 2 is 1.91 bits per heavy atom. The molecule has 2 N–H and O–H groups in total. The molecule has 0 radical (unpaired) electrons. The van der Waals surface area contributed by atoms with Crippen LogP contribution in [0.5, 0.6) is 0 Å². The number of nitrogens with one attached hydrogen (secondary N) is 2. The number of hydrogen-bond acceptors (Lipinski definition) is 5. The maximum Gasteiger partial charge on any atom is 0.311 e. The van der Waals surface area contributed by atoms with Gasteiger partial charge in [0, 0.05) is 12.6 Å². The lowest BCUT2D eigenvalue weighted by Gasteiger charge is -2.09. The van der Waals surface area contributed by atoms with Crippen molar-refractivity contribution in [3.63, 3.8) is 0 Å². The number of rotatable bonds is 5. The van der Waals surface area contributed by atoms with E-state index in [1.54, 1.807) is 13.0 Å². The third-order valence-corrected chi connectivity index (χ3v) is 3.48.